The molecule has 0 unspecified atom stereocenters. The monoisotopic (exact) mass is 238 g/mol. The van der Waals surface area contributed by atoms with Crippen LogP contribution in [0.1, 0.15) is 0 Å². The van der Waals surface area contributed by atoms with Crippen LogP contribution in [0.2, 0.25) is 0 Å². The van der Waals surface area contributed by atoms with Gasteiger partial charge in [0.1, 0.15) is 6.61 Å². The SMILES string of the molecule is O[Si](O)(OCC(F)(F)F)c1ccccc1. The fourth-order valence-electron chi connectivity index (χ4n) is 0.921. The van der Waals surface area contributed by atoms with Crippen molar-refractivity contribution in [1.82, 2.24) is 0 Å². The van der Waals surface area contributed by atoms with Gasteiger partial charge < -0.3 is 14.0 Å². The summed E-state index contributed by atoms with van der Waals surface area (Å²) in [6, 6.07) is 7.20. The van der Waals surface area contributed by atoms with Crippen LogP contribution < -0.4 is 5.19 Å². The molecule has 0 amide bonds. The first-order chi connectivity index (χ1) is 6.81. The van der Waals surface area contributed by atoms with E-state index in [4.69, 9.17) is 0 Å². The standard InChI is InChI=1S/C8H9F3O3Si/c9-8(10,11)6-14-15(12,13)7-4-2-1-3-5-7/h1-5,12-13H,6H2. The van der Waals surface area contributed by atoms with Gasteiger partial charge in [-0.15, -0.1) is 0 Å². The van der Waals surface area contributed by atoms with Gasteiger partial charge >= 0.3 is 15.0 Å². The Labute approximate surface area is 85.1 Å². The zero-order valence-electron chi connectivity index (χ0n) is 7.53. The normalized spacial score (nSPS) is 12.9. The molecule has 0 bridgehead atoms. The van der Waals surface area contributed by atoms with E-state index >= 15 is 0 Å². The highest BCUT2D eigenvalue weighted by Gasteiger charge is 2.40. The highest BCUT2D eigenvalue weighted by atomic mass is 28.4. The molecule has 2 N–H and O–H groups in total. The van der Waals surface area contributed by atoms with Gasteiger partial charge in [-0.2, -0.15) is 13.2 Å². The molecule has 0 aromatic heterocycles. The molecule has 0 spiro atoms. The average Bonchev–Trinajstić information content (AvgIpc) is 2.16. The van der Waals surface area contributed by atoms with Crippen LogP contribution >= 0.6 is 0 Å². The lowest BCUT2D eigenvalue weighted by molar-refractivity contribution is -0.161. The lowest BCUT2D eigenvalue weighted by Gasteiger charge is -2.18. The van der Waals surface area contributed by atoms with Crippen molar-refractivity contribution in [2.24, 2.45) is 0 Å². The fourth-order valence-corrected chi connectivity index (χ4v) is 2.08. The van der Waals surface area contributed by atoms with Crippen LogP contribution in [0.5, 0.6) is 0 Å². The Kier molecular flexibility index (Phi) is 3.50. The third kappa shape index (κ3) is 4.00. The van der Waals surface area contributed by atoms with E-state index in [1.165, 1.54) is 24.3 Å². The molecule has 0 aliphatic heterocycles. The Morgan fingerprint density at radius 1 is 1.13 bits per heavy atom. The van der Waals surface area contributed by atoms with E-state index in [-0.39, 0.29) is 5.19 Å². The lowest BCUT2D eigenvalue weighted by atomic mass is 10.4. The molecular weight excluding hydrogens is 229 g/mol. The Bertz CT molecular complexity index is 313. The summed E-state index contributed by atoms with van der Waals surface area (Å²) in [7, 11) is -4.41. The number of rotatable bonds is 3. The van der Waals surface area contributed by atoms with Gasteiger partial charge in [0.15, 0.2) is 0 Å². The second-order valence-corrected chi connectivity index (χ2v) is 4.96. The molecule has 0 aliphatic carbocycles. The van der Waals surface area contributed by atoms with Gasteiger partial charge in [0.25, 0.3) is 0 Å². The first-order valence-corrected chi connectivity index (χ1v) is 5.82. The van der Waals surface area contributed by atoms with E-state index in [1.54, 1.807) is 6.07 Å². The van der Waals surface area contributed by atoms with Crippen molar-refractivity contribution in [3.05, 3.63) is 30.3 Å². The Balaban J connectivity index is 2.68. The van der Waals surface area contributed by atoms with Crippen LogP contribution in [0.15, 0.2) is 30.3 Å². The molecule has 15 heavy (non-hydrogen) atoms. The smallest absolute Gasteiger partial charge is 0.386 e. The van der Waals surface area contributed by atoms with E-state index in [1.807, 2.05) is 0 Å². The quantitative estimate of drug-likeness (QED) is 0.749. The topological polar surface area (TPSA) is 49.7 Å². The minimum absolute atomic E-state index is 0.0192. The third-order valence-corrected chi connectivity index (χ3v) is 3.22. The highest BCUT2D eigenvalue weighted by molar-refractivity contribution is 6.72. The summed E-state index contributed by atoms with van der Waals surface area (Å²) in [5.41, 5.74) is 0. The van der Waals surface area contributed by atoms with Crippen LogP contribution in [0.25, 0.3) is 0 Å². The maximum atomic E-state index is 11.8. The molecule has 1 rings (SSSR count). The fraction of sp³-hybridized carbons (Fsp3) is 0.250. The second-order valence-electron chi connectivity index (χ2n) is 2.88. The number of alkyl halides is 3. The predicted molar refractivity (Wildman–Crippen MR) is 48.3 cm³/mol. The zero-order valence-corrected chi connectivity index (χ0v) is 8.53. The van der Waals surface area contributed by atoms with E-state index in [0.29, 0.717) is 0 Å². The van der Waals surface area contributed by atoms with Gasteiger partial charge in [0.05, 0.1) is 0 Å². The van der Waals surface area contributed by atoms with Gasteiger partial charge in [-0.25, -0.2) is 0 Å². The number of hydrogen-bond acceptors (Lipinski definition) is 3. The van der Waals surface area contributed by atoms with Crippen LogP contribution in [0.3, 0.4) is 0 Å². The van der Waals surface area contributed by atoms with Crippen LogP contribution in [0, 0.1) is 0 Å². The number of benzene rings is 1. The summed E-state index contributed by atoms with van der Waals surface area (Å²) >= 11 is 0. The number of hydrogen-bond donors (Lipinski definition) is 2. The molecule has 0 heterocycles. The molecule has 0 saturated carbocycles. The molecule has 0 aliphatic rings. The minimum atomic E-state index is -4.57. The lowest BCUT2D eigenvalue weighted by Crippen LogP contribution is -2.53. The molecule has 1 aromatic rings. The number of halogens is 3. The van der Waals surface area contributed by atoms with Gasteiger partial charge in [-0.3, -0.25) is 0 Å². The second kappa shape index (κ2) is 4.31. The maximum absolute atomic E-state index is 11.8. The summed E-state index contributed by atoms with van der Waals surface area (Å²) in [5.74, 6) is 0. The van der Waals surface area contributed by atoms with Crippen LogP contribution in [-0.4, -0.2) is 31.2 Å². The predicted octanol–water partition coefficient (Wildman–Crippen LogP) is 0.396. The molecule has 3 nitrogen and oxygen atoms in total. The molecule has 7 heteroatoms. The molecule has 0 atom stereocenters. The first-order valence-electron chi connectivity index (χ1n) is 4.02. The molecular formula is C8H9F3O3Si. The van der Waals surface area contributed by atoms with Crippen molar-refractivity contribution in [2.45, 2.75) is 6.18 Å². The summed E-state index contributed by atoms with van der Waals surface area (Å²) in [6.45, 7) is -1.67. The van der Waals surface area contributed by atoms with Gasteiger partial charge in [0, 0.05) is 5.19 Å². The Morgan fingerprint density at radius 3 is 2.13 bits per heavy atom. The Morgan fingerprint density at radius 2 is 1.67 bits per heavy atom. The largest absolute Gasteiger partial charge is 0.532 e. The minimum Gasteiger partial charge on any atom is -0.386 e. The maximum Gasteiger partial charge on any atom is 0.532 e. The molecule has 0 radical (unpaired) electrons. The molecule has 1 aromatic carbocycles. The summed E-state index contributed by atoms with van der Waals surface area (Å²) in [5, 5.41) is -0.0192. The van der Waals surface area contributed by atoms with Crippen molar-refractivity contribution < 1.29 is 27.2 Å². The van der Waals surface area contributed by atoms with E-state index in [9.17, 15) is 22.8 Å². The van der Waals surface area contributed by atoms with Crippen molar-refractivity contribution >= 4 is 14.0 Å². The summed E-state index contributed by atoms with van der Waals surface area (Å²) in [4.78, 5) is 18.6. The Hall–Kier alpha value is -0.893. The van der Waals surface area contributed by atoms with Gasteiger partial charge in [-0.05, 0) is 0 Å². The zero-order chi connectivity index (χ0) is 11.5. The first kappa shape index (κ1) is 12.2. The van der Waals surface area contributed by atoms with Crippen molar-refractivity contribution in [2.75, 3.05) is 6.61 Å². The van der Waals surface area contributed by atoms with Crippen LogP contribution in [-0.2, 0) is 4.43 Å². The van der Waals surface area contributed by atoms with Gasteiger partial charge in [-0.1, -0.05) is 30.3 Å². The summed E-state index contributed by atoms with van der Waals surface area (Å²) < 4.78 is 39.4. The average molecular weight is 238 g/mol. The van der Waals surface area contributed by atoms with Gasteiger partial charge in [0.2, 0.25) is 0 Å². The summed E-state index contributed by atoms with van der Waals surface area (Å²) in [6.07, 6.45) is -4.57. The van der Waals surface area contributed by atoms with E-state index in [0.717, 1.165) is 0 Å². The van der Waals surface area contributed by atoms with E-state index < -0.39 is 21.6 Å². The molecule has 84 valence electrons. The molecule has 0 saturated heterocycles. The highest BCUT2D eigenvalue weighted by Crippen LogP contribution is 2.16. The van der Waals surface area contributed by atoms with Crippen molar-refractivity contribution in [1.29, 1.82) is 0 Å². The van der Waals surface area contributed by atoms with Crippen molar-refractivity contribution in [3.8, 4) is 0 Å². The van der Waals surface area contributed by atoms with Crippen molar-refractivity contribution in [3.63, 3.8) is 0 Å². The van der Waals surface area contributed by atoms with E-state index in [2.05, 4.69) is 4.43 Å². The third-order valence-electron chi connectivity index (χ3n) is 1.59. The van der Waals surface area contributed by atoms with Crippen LogP contribution in [0.4, 0.5) is 13.2 Å². The molecule has 0 fully saturated rings.